The monoisotopic (exact) mass is 502 g/mol. The van der Waals surface area contributed by atoms with Gasteiger partial charge in [0, 0.05) is 0 Å². The first kappa shape index (κ1) is 19.6. The Hall–Kier alpha value is -1.71. The molecule has 28 heavy (non-hydrogen) atoms. The number of carbonyl (C=O) groups is 1. The molecule has 0 heterocycles. The Labute approximate surface area is 179 Å². The van der Waals surface area contributed by atoms with E-state index < -0.39 is 10.2 Å². The van der Waals surface area contributed by atoms with E-state index >= 15 is 0 Å². The zero-order valence-corrected chi connectivity index (χ0v) is 18.7. The van der Waals surface area contributed by atoms with Crippen LogP contribution < -0.4 is 15.9 Å². The van der Waals surface area contributed by atoms with Crippen LogP contribution in [0.2, 0.25) is 0 Å². The standard InChI is InChI=1S/C24H24IO2P/c25-28(20-10-4-1-5-11-20,21-12-6-2-7-13-21,22-14-8-3-9-15-22)17-16-19-18-23(19)24(26)27/h1-15,19,23H,16-18H2,(H,26,27). The van der Waals surface area contributed by atoms with E-state index in [1.54, 1.807) is 0 Å². The molecule has 1 N–H and O–H groups in total. The van der Waals surface area contributed by atoms with E-state index in [0.717, 1.165) is 19.0 Å². The number of rotatable bonds is 7. The number of carboxylic acids is 1. The third-order valence-corrected chi connectivity index (χ3v) is 17.7. The molecule has 0 bridgehead atoms. The zero-order chi connectivity index (χ0) is 19.6. The maximum atomic E-state index is 11.4. The molecule has 0 aromatic heterocycles. The SMILES string of the molecule is O=C(O)C1CC1CCP(I)(c1ccccc1)(c1ccccc1)c1ccccc1. The Morgan fingerprint density at radius 3 is 1.54 bits per heavy atom. The van der Waals surface area contributed by atoms with Crippen molar-refractivity contribution in [2.24, 2.45) is 11.8 Å². The molecule has 1 saturated carbocycles. The molecule has 0 spiro atoms. The Balaban J connectivity index is 1.89. The van der Waals surface area contributed by atoms with Gasteiger partial charge in [-0.2, -0.15) is 0 Å². The number of carboxylic acid groups (broad SMARTS) is 1. The molecule has 4 heteroatoms. The normalized spacial score (nSPS) is 20.1. The summed E-state index contributed by atoms with van der Waals surface area (Å²) in [5.74, 6) is -0.504. The molecule has 3 aromatic rings. The van der Waals surface area contributed by atoms with Crippen LogP contribution in [0.25, 0.3) is 0 Å². The van der Waals surface area contributed by atoms with Crippen molar-refractivity contribution in [3.8, 4) is 0 Å². The molecule has 2 atom stereocenters. The number of halogens is 1. The molecular formula is C24H24IO2P. The van der Waals surface area contributed by atoms with Gasteiger partial charge in [0.1, 0.15) is 0 Å². The second kappa shape index (κ2) is 7.61. The fourth-order valence-corrected chi connectivity index (χ4v) is 12.9. The molecule has 0 radical (unpaired) electrons. The summed E-state index contributed by atoms with van der Waals surface area (Å²) in [5.41, 5.74) is 0. The van der Waals surface area contributed by atoms with Gasteiger partial charge >= 0.3 is 180 Å². The van der Waals surface area contributed by atoms with Crippen LogP contribution in [0.4, 0.5) is 0 Å². The van der Waals surface area contributed by atoms with Crippen LogP contribution in [0.3, 0.4) is 0 Å². The molecule has 2 nitrogen and oxygen atoms in total. The maximum absolute atomic E-state index is 11.4. The van der Waals surface area contributed by atoms with E-state index in [9.17, 15) is 9.90 Å². The predicted molar refractivity (Wildman–Crippen MR) is 128 cm³/mol. The molecule has 1 fully saturated rings. The van der Waals surface area contributed by atoms with Gasteiger partial charge in [0.25, 0.3) is 0 Å². The van der Waals surface area contributed by atoms with Crippen molar-refractivity contribution in [2.45, 2.75) is 12.8 Å². The second-order valence-corrected chi connectivity index (χ2v) is 18.4. The summed E-state index contributed by atoms with van der Waals surface area (Å²) in [6, 6.07) is 32.5. The van der Waals surface area contributed by atoms with E-state index in [1.165, 1.54) is 15.9 Å². The molecule has 2 unspecified atom stereocenters. The molecule has 0 aliphatic heterocycles. The second-order valence-electron chi connectivity index (χ2n) is 7.64. The van der Waals surface area contributed by atoms with Crippen molar-refractivity contribution in [2.75, 3.05) is 6.16 Å². The molecule has 3 aromatic carbocycles. The fourth-order valence-electron chi connectivity index (χ4n) is 4.33. The Bertz CT molecular complexity index is 860. The average Bonchev–Trinajstić information content (AvgIpc) is 3.54. The van der Waals surface area contributed by atoms with Gasteiger partial charge in [0.2, 0.25) is 0 Å². The molecule has 1 aliphatic rings. The van der Waals surface area contributed by atoms with Crippen molar-refractivity contribution >= 4 is 48.2 Å². The summed E-state index contributed by atoms with van der Waals surface area (Å²) in [6.45, 7) is 0. The van der Waals surface area contributed by atoms with E-state index in [-0.39, 0.29) is 5.92 Å². The van der Waals surface area contributed by atoms with Crippen LogP contribution in [-0.4, -0.2) is 17.2 Å². The fraction of sp³-hybridized carbons (Fsp3) is 0.208. The van der Waals surface area contributed by atoms with Gasteiger partial charge < -0.3 is 0 Å². The molecular weight excluding hydrogens is 478 g/mol. The van der Waals surface area contributed by atoms with Crippen molar-refractivity contribution < 1.29 is 9.90 Å². The first-order valence-electron chi connectivity index (χ1n) is 9.66. The summed E-state index contributed by atoms with van der Waals surface area (Å²) in [7, 11) is 0. The van der Waals surface area contributed by atoms with Gasteiger partial charge in [-0.25, -0.2) is 0 Å². The van der Waals surface area contributed by atoms with Crippen molar-refractivity contribution in [3.05, 3.63) is 91.0 Å². The van der Waals surface area contributed by atoms with Gasteiger partial charge in [-0.05, 0) is 0 Å². The van der Waals surface area contributed by atoms with Crippen molar-refractivity contribution in [1.29, 1.82) is 0 Å². The summed E-state index contributed by atoms with van der Waals surface area (Å²) < 4.78 is -2.75. The number of aliphatic carboxylic acids is 1. The van der Waals surface area contributed by atoms with Crippen molar-refractivity contribution in [3.63, 3.8) is 0 Å². The van der Waals surface area contributed by atoms with Gasteiger partial charge in [0.05, 0.1) is 0 Å². The number of hydrogen-bond donors (Lipinski definition) is 1. The van der Waals surface area contributed by atoms with Crippen LogP contribution in [0.5, 0.6) is 0 Å². The summed E-state index contributed by atoms with van der Waals surface area (Å²) in [5, 5.41) is 13.5. The average molecular weight is 502 g/mol. The van der Waals surface area contributed by atoms with Gasteiger partial charge in [-0.3, -0.25) is 0 Å². The third-order valence-electron chi connectivity index (χ3n) is 6.04. The van der Waals surface area contributed by atoms with Crippen LogP contribution >= 0.6 is 26.3 Å². The molecule has 1 aliphatic carbocycles. The first-order chi connectivity index (χ1) is 13.5. The van der Waals surface area contributed by atoms with Crippen molar-refractivity contribution in [1.82, 2.24) is 0 Å². The van der Waals surface area contributed by atoms with Gasteiger partial charge in [-0.1, -0.05) is 0 Å². The van der Waals surface area contributed by atoms with Crippen LogP contribution in [0.15, 0.2) is 91.0 Å². The predicted octanol–water partition coefficient (Wildman–Crippen LogP) is 4.98. The van der Waals surface area contributed by atoms with Crippen LogP contribution in [0.1, 0.15) is 12.8 Å². The van der Waals surface area contributed by atoms with E-state index in [4.69, 9.17) is 0 Å². The molecule has 144 valence electrons. The third kappa shape index (κ3) is 3.29. The van der Waals surface area contributed by atoms with E-state index in [2.05, 4.69) is 113 Å². The van der Waals surface area contributed by atoms with Crippen LogP contribution in [0, 0.1) is 11.8 Å². The zero-order valence-electron chi connectivity index (χ0n) is 15.6. The molecule has 0 amide bonds. The molecule has 4 rings (SSSR count). The topological polar surface area (TPSA) is 37.3 Å². The minimum atomic E-state index is -2.75. The Morgan fingerprint density at radius 2 is 1.21 bits per heavy atom. The van der Waals surface area contributed by atoms with Gasteiger partial charge in [0.15, 0.2) is 0 Å². The first-order valence-corrected chi connectivity index (χ1v) is 14.9. The van der Waals surface area contributed by atoms with Crippen LogP contribution in [-0.2, 0) is 4.79 Å². The summed E-state index contributed by atoms with van der Waals surface area (Å²) in [6.07, 6.45) is 2.74. The number of hydrogen-bond acceptors (Lipinski definition) is 1. The minimum absolute atomic E-state index is 0.160. The summed E-state index contributed by atoms with van der Waals surface area (Å²) >= 11 is 2.77. The Kier molecular flexibility index (Phi) is 5.32. The quantitative estimate of drug-likeness (QED) is 0.366. The number of benzene rings is 3. The summed E-state index contributed by atoms with van der Waals surface area (Å²) in [4.78, 5) is 11.4. The van der Waals surface area contributed by atoms with Gasteiger partial charge in [-0.15, -0.1) is 0 Å². The van der Waals surface area contributed by atoms with E-state index in [1.807, 2.05) is 0 Å². The molecule has 0 saturated heterocycles. The Morgan fingerprint density at radius 1 is 0.821 bits per heavy atom. The van der Waals surface area contributed by atoms with E-state index in [0.29, 0.717) is 5.92 Å².